The van der Waals surface area contributed by atoms with Gasteiger partial charge in [-0.05, 0) is 30.9 Å². The van der Waals surface area contributed by atoms with Crippen LogP contribution in [0.2, 0.25) is 5.02 Å². The van der Waals surface area contributed by atoms with E-state index in [-0.39, 0.29) is 27.7 Å². The van der Waals surface area contributed by atoms with Crippen molar-refractivity contribution < 1.29 is 9.72 Å². The number of hydrogen-bond acceptors (Lipinski definition) is 7. The molecule has 0 saturated carbocycles. The molecule has 4 rings (SSSR count). The molecule has 1 N–H and O–H groups in total. The van der Waals surface area contributed by atoms with Crippen molar-refractivity contribution in [1.82, 2.24) is 9.55 Å². The Labute approximate surface area is 178 Å². The zero-order valence-electron chi connectivity index (χ0n) is 15.2. The number of carbonyl (C=O) groups excluding carboxylic acids is 1. The molecule has 0 fully saturated rings. The third kappa shape index (κ3) is 3.75. The third-order valence-corrected chi connectivity index (χ3v) is 7.22. The number of amides is 1. The normalized spacial score (nSPS) is 12.9. The van der Waals surface area contributed by atoms with Crippen molar-refractivity contribution in [3.05, 3.63) is 54.1 Å². The Bertz CT molecular complexity index is 1220. The molecule has 0 unspecified atom stereocenters. The van der Waals surface area contributed by atoms with Crippen LogP contribution >= 0.6 is 34.7 Å². The van der Waals surface area contributed by atoms with Crippen molar-refractivity contribution >= 4 is 62.2 Å². The molecular weight excluding hydrogens is 436 g/mol. The monoisotopic (exact) mass is 450 g/mol. The summed E-state index contributed by atoms with van der Waals surface area (Å²) in [6, 6.07) is 3.83. The van der Waals surface area contributed by atoms with Gasteiger partial charge in [0.15, 0.2) is 5.16 Å². The summed E-state index contributed by atoms with van der Waals surface area (Å²) in [6.45, 7) is 0. The van der Waals surface area contributed by atoms with E-state index < -0.39 is 10.8 Å². The van der Waals surface area contributed by atoms with Crippen molar-refractivity contribution in [1.29, 1.82) is 0 Å². The van der Waals surface area contributed by atoms with Crippen molar-refractivity contribution in [2.75, 3.05) is 11.1 Å². The molecule has 1 amide bonds. The van der Waals surface area contributed by atoms with Crippen LogP contribution in [0.25, 0.3) is 10.2 Å². The number of aromatic nitrogens is 2. The second kappa shape index (κ2) is 7.77. The van der Waals surface area contributed by atoms with E-state index in [9.17, 15) is 19.7 Å². The van der Waals surface area contributed by atoms with E-state index in [0.29, 0.717) is 15.4 Å². The van der Waals surface area contributed by atoms with Gasteiger partial charge in [-0.2, -0.15) is 0 Å². The molecule has 0 spiro atoms. The molecule has 0 aliphatic heterocycles. The van der Waals surface area contributed by atoms with Crippen LogP contribution in [0.5, 0.6) is 0 Å². The molecule has 0 bridgehead atoms. The summed E-state index contributed by atoms with van der Waals surface area (Å²) in [6.07, 6.45) is 2.95. The van der Waals surface area contributed by atoms with Crippen LogP contribution in [0, 0.1) is 10.1 Å². The minimum absolute atomic E-state index is 0.0180. The molecule has 1 aliphatic carbocycles. The number of benzene rings is 1. The van der Waals surface area contributed by atoms with Gasteiger partial charge in [-0.25, -0.2) is 4.98 Å². The van der Waals surface area contributed by atoms with Gasteiger partial charge in [0.05, 0.1) is 26.8 Å². The Morgan fingerprint density at radius 2 is 2.24 bits per heavy atom. The second-order valence-electron chi connectivity index (χ2n) is 6.55. The van der Waals surface area contributed by atoms with E-state index in [1.807, 2.05) is 0 Å². The van der Waals surface area contributed by atoms with Crippen molar-refractivity contribution in [2.24, 2.45) is 7.05 Å². The Balaban J connectivity index is 1.52. The minimum atomic E-state index is -0.561. The van der Waals surface area contributed by atoms with Crippen LogP contribution in [-0.4, -0.2) is 26.1 Å². The van der Waals surface area contributed by atoms with Gasteiger partial charge in [-0.3, -0.25) is 24.3 Å². The van der Waals surface area contributed by atoms with E-state index in [1.165, 1.54) is 27.6 Å². The summed E-state index contributed by atoms with van der Waals surface area (Å²) in [5.74, 6) is -0.420. The first-order valence-electron chi connectivity index (χ1n) is 8.73. The zero-order valence-corrected chi connectivity index (χ0v) is 17.6. The first-order chi connectivity index (χ1) is 13.8. The lowest BCUT2D eigenvalue weighted by Gasteiger charge is -2.09. The number of nitrogens with one attached hydrogen (secondary N) is 1. The zero-order chi connectivity index (χ0) is 20.7. The molecule has 1 aliphatic rings. The Morgan fingerprint density at radius 3 is 3.00 bits per heavy atom. The molecule has 150 valence electrons. The summed E-state index contributed by atoms with van der Waals surface area (Å²) in [5.41, 5.74) is 1.02. The van der Waals surface area contributed by atoms with Gasteiger partial charge in [0.1, 0.15) is 4.83 Å². The molecule has 2 aromatic heterocycles. The average molecular weight is 451 g/mol. The lowest BCUT2D eigenvalue weighted by atomic mass is 10.2. The number of thiophene rings is 1. The molecule has 3 aromatic rings. The van der Waals surface area contributed by atoms with Crippen LogP contribution < -0.4 is 10.9 Å². The first kappa shape index (κ1) is 19.9. The van der Waals surface area contributed by atoms with Gasteiger partial charge < -0.3 is 5.32 Å². The first-order valence-corrected chi connectivity index (χ1v) is 10.9. The fourth-order valence-electron chi connectivity index (χ4n) is 3.27. The minimum Gasteiger partial charge on any atom is -0.324 e. The van der Waals surface area contributed by atoms with Gasteiger partial charge in [0.2, 0.25) is 5.91 Å². The standard InChI is InChI=1S/C18H15ClN4O4S2/c1-22-17(25)15-10-3-2-4-13(10)29-16(15)21-18(22)28-8-14(24)20-12-7-9(23(26)27)5-6-11(12)19/h5-7H,2-4,8H2,1H3,(H,20,24). The van der Waals surface area contributed by atoms with E-state index >= 15 is 0 Å². The van der Waals surface area contributed by atoms with Gasteiger partial charge in [-0.1, -0.05) is 23.4 Å². The highest BCUT2D eigenvalue weighted by Crippen LogP contribution is 2.35. The maximum absolute atomic E-state index is 12.8. The largest absolute Gasteiger partial charge is 0.324 e. The number of thioether (sulfide) groups is 1. The number of hydrogen-bond donors (Lipinski definition) is 1. The molecule has 8 nitrogen and oxygen atoms in total. The number of carbonyl (C=O) groups is 1. The number of nitrogens with zero attached hydrogens (tertiary/aromatic N) is 3. The fraction of sp³-hybridized carbons (Fsp3) is 0.278. The number of rotatable bonds is 5. The number of fused-ring (bicyclic) bond motifs is 3. The maximum atomic E-state index is 12.8. The smallest absolute Gasteiger partial charge is 0.271 e. The molecule has 11 heteroatoms. The number of halogens is 1. The van der Waals surface area contributed by atoms with Gasteiger partial charge in [-0.15, -0.1) is 11.3 Å². The Morgan fingerprint density at radius 1 is 1.45 bits per heavy atom. The molecule has 29 heavy (non-hydrogen) atoms. The number of nitro benzene ring substituents is 1. The van der Waals surface area contributed by atoms with Crippen molar-refractivity contribution in [3.63, 3.8) is 0 Å². The van der Waals surface area contributed by atoms with Gasteiger partial charge in [0, 0.05) is 24.1 Å². The highest BCUT2D eigenvalue weighted by Gasteiger charge is 2.22. The summed E-state index contributed by atoms with van der Waals surface area (Å²) in [7, 11) is 1.64. The van der Waals surface area contributed by atoms with E-state index in [4.69, 9.17) is 11.6 Å². The van der Waals surface area contributed by atoms with Crippen LogP contribution in [0.4, 0.5) is 11.4 Å². The molecule has 0 radical (unpaired) electrons. The number of nitro groups is 1. The van der Waals surface area contributed by atoms with Crippen LogP contribution in [0.15, 0.2) is 28.2 Å². The third-order valence-electron chi connectivity index (χ3n) is 4.67. The molecule has 1 aromatic carbocycles. The lowest BCUT2D eigenvalue weighted by molar-refractivity contribution is -0.384. The van der Waals surface area contributed by atoms with Gasteiger partial charge in [0.25, 0.3) is 11.2 Å². The van der Waals surface area contributed by atoms with E-state index in [2.05, 4.69) is 10.3 Å². The van der Waals surface area contributed by atoms with Crippen LogP contribution in [0.1, 0.15) is 16.9 Å². The maximum Gasteiger partial charge on any atom is 0.271 e. The van der Waals surface area contributed by atoms with Crippen molar-refractivity contribution in [2.45, 2.75) is 24.4 Å². The molecule has 2 heterocycles. The lowest BCUT2D eigenvalue weighted by Crippen LogP contribution is -2.21. The van der Waals surface area contributed by atoms with E-state index in [0.717, 1.165) is 36.6 Å². The Hall–Kier alpha value is -2.43. The number of anilines is 1. The average Bonchev–Trinajstić information content (AvgIpc) is 3.25. The summed E-state index contributed by atoms with van der Waals surface area (Å²) in [4.78, 5) is 42.0. The quantitative estimate of drug-likeness (QED) is 0.274. The number of non-ortho nitro benzene ring substituents is 1. The molecule has 0 saturated heterocycles. The van der Waals surface area contributed by atoms with Crippen LogP contribution in [-0.2, 0) is 24.7 Å². The second-order valence-corrected chi connectivity index (χ2v) is 8.99. The summed E-state index contributed by atoms with van der Waals surface area (Å²) < 4.78 is 1.46. The molecular formula is C18H15ClN4O4S2. The van der Waals surface area contributed by atoms with Crippen LogP contribution in [0.3, 0.4) is 0 Å². The molecule has 0 atom stereocenters. The highest BCUT2D eigenvalue weighted by atomic mass is 35.5. The topological polar surface area (TPSA) is 107 Å². The Kier molecular flexibility index (Phi) is 5.32. The predicted molar refractivity (Wildman–Crippen MR) is 114 cm³/mol. The summed E-state index contributed by atoms with van der Waals surface area (Å²) >= 11 is 8.69. The fourth-order valence-corrected chi connectivity index (χ4v) is 5.51. The predicted octanol–water partition coefficient (Wildman–Crippen LogP) is 3.78. The summed E-state index contributed by atoms with van der Waals surface area (Å²) in [5, 5.41) is 14.8. The van der Waals surface area contributed by atoms with E-state index in [1.54, 1.807) is 18.4 Å². The van der Waals surface area contributed by atoms with Gasteiger partial charge >= 0.3 is 0 Å². The van der Waals surface area contributed by atoms with Crippen molar-refractivity contribution in [3.8, 4) is 0 Å². The SMILES string of the molecule is Cn1c(SCC(=O)Nc2cc([N+](=O)[O-])ccc2Cl)nc2sc3c(c2c1=O)CCC3. The highest BCUT2D eigenvalue weighted by molar-refractivity contribution is 7.99. The number of aryl methyl sites for hydroxylation is 2.